The normalized spacial score (nSPS) is 21.7. The third-order valence-corrected chi connectivity index (χ3v) is 5.06. The molecule has 0 amide bonds. The van der Waals surface area contributed by atoms with Crippen LogP contribution < -0.4 is 0 Å². The quantitative estimate of drug-likeness (QED) is 0.558. The minimum absolute atomic E-state index is 0.241. The number of hydrogen-bond acceptors (Lipinski definition) is 0. The van der Waals surface area contributed by atoms with Crippen molar-refractivity contribution in [2.45, 2.75) is 12.8 Å². The van der Waals surface area contributed by atoms with Gasteiger partial charge in [0.25, 0.3) is 0 Å². The van der Waals surface area contributed by atoms with Crippen LogP contribution in [0.2, 0.25) is 0 Å². The predicted molar refractivity (Wildman–Crippen MR) is 116 cm³/mol. The van der Waals surface area contributed by atoms with Crippen molar-refractivity contribution in [1.29, 1.82) is 0 Å². The summed E-state index contributed by atoms with van der Waals surface area (Å²) in [5, 5.41) is 0. The summed E-state index contributed by atoms with van der Waals surface area (Å²) in [6.07, 6.45) is 20.4. The van der Waals surface area contributed by atoms with Crippen LogP contribution in [-0.4, -0.2) is 0 Å². The summed E-state index contributed by atoms with van der Waals surface area (Å²) in [6.45, 7) is 2.21. The lowest BCUT2D eigenvalue weighted by molar-refractivity contribution is 0.942. The zero-order valence-electron chi connectivity index (χ0n) is 15.6. The first-order valence-corrected chi connectivity index (χ1v) is 9.59. The summed E-state index contributed by atoms with van der Waals surface area (Å²) in [6, 6.07) is 21.4. The van der Waals surface area contributed by atoms with Gasteiger partial charge in [0.2, 0.25) is 0 Å². The lowest BCUT2D eigenvalue weighted by atomic mass is 9.93. The highest BCUT2D eigenvalue weighted by Gasteiger charge is 2.13. The molecule has 2 aliphatic carbocycles. The van der Waals surface area contributed by atoms with Gasteiger partial charge in [-0.05, 0) is 33.8 Å². The van der Waals surface area contributed by atoms with Crippen molar-refractivity contribution in [2.24, 2.45) is 5.92 Å². The zero-order valence-corrected chi connectivity index (χ0v) is 15.6. The van der Waals surface area contributed by atoms with Crippen molar-refractivity contribution in [3.05, 3.63) is 138 Å². The second-order valence-corrected chi connectivity index (χ2v) is 7.10. The number of rotatable bonds is 3. The van der Waals surface area contributed by atoms with Crippen molar-refractivity contribution in [3.63, 3.8) is 0 Å². The van der Waals surface area contributed by atoms with Gasteiger partial charge in [-0.3, -0.25) is 0 Å². The van der Waals surface area contributed by atoms with Gasteiger partial charge in [0, 0.05) is 5.92 Å². The van der Waals surface area contributed by atoms with E-state index in [-0.39, 0.29) is 5.92 Å². The number of allylic oxidation sites excluding steroid dienone is 12. The molecule has 2 atom stereocenters. The first kappa shape index (κ1) is 17.3. The van der Waals surface area contributed by atoms with Gasteiger partial charge in [0.1, 0.15) is 0 Å². The molecule has 0 N–H and O–H groups in total. The third-order valence-electron chi connectivity index (χ3n) is 5.06. The van der Waals surface area contributed by atoms with Crippen molar-refractivity contribution in [1.82, 2.24) is 0 Å². The Morgan fingerprint density at radius 2 is 1.30 bits per heavy atom. The molecule has 0 nitrogen and oxygen atoms in total. The molecule has 0 spiro atoms. The van der Waals surface area contributed by atoms with Gasteiger partial charge in [-0.2, -0.15) is 0 Å². The fourth-order valence-electron chi connectivity index (χ4n) is 3.51. The molecule has 2 aliphatic rings. The molecule has 2 aromatic rings. The molecule has 0 aromatic heterocycles. The number of hydrogen-bond donors (Lipinski definition) is 0. The van der Waals surface area contributed by atoms with Gasteiger partial charge < -0.3 is 0 Å². The number of benzene rings is 2. The lowest BCUT2D eigenvalue weighted by Crippen LogP contribution is -1.94. The second kappa shape index (κ2) is 8.05. The largest absolute Gasteiger partial charge is 0.0779 e. The van der Waals surface area contributed by atoms with E-state index in [0.29, 0.717) is 5.92 Å². The third kappa shape index (κ3) is 4.17. The molecule has 0 heteroatoms. The molecule has 0 bridgehead atoms. The molecule has 0 saturated heterocycles. The Kier molecular flexibility index (Phi) is 5.16. The molecule has 2 aromatic carbocycles. The average Bonchev–Trinajstić information content (AvgIpc) is 3.08. The highest BCUT2D eigenvalue weighted by molar-refractivity contribution is 5.77. The van der Waals surface area contributed by atoms with Crippen LogP contribution in [0.25, 0.3) is 5.57 Å². The van der Waals surface area contributed by atoms with Crippen LogP contribution in [0.15, 0.2) is 126 Å². The zero-order chi connectivity index (χ0) is 18.5. The van der Waals surface area contributed by atoms with Crippen LogP contribution in [0.1, 0.15) is 24.0 Å². The molecule has 27 heavy (non-hydrogen) atoms. The van der Waals surface area contributed by atoms with Crippen molar-refractivity contribution < 1.29 is 0 Å². The smallest absolute Gasteiger partial charge is 0.0216 e. The van der Waals surface area contributed by atoms with Gasteiger partial charge in [-0.1, -0.05) is 122 Å². The summed E-state index contributed by atoms with van der Waals surface area (Å²) < 4.78 is 0. The Labute approximate surface area is 162 Å². The lowest BCUT2D eigenvalue weighted by Gasteiger charge is -2.11. The summed E-state index contributed by atoms with van der Waals surface area (Å²) in [7, 11) is 0. The maximum Gasteiger partial charge on any atom is 0.0216 e. The summed E-state index contributed by atoms with van der Waals surface area (Å²) in [4.78, 5) is 0. The van der Waals surface area contributed by atoms with Gasteiger partial charge in [-0.15, -0.1) is 0 Å². The second-order valence-electron chi connectivity index (χ2n) is 7.10. The summed E-state index contributed by atoms with van der Waals surface area (Å²) in [5.41, 5.74) is 6.35. The minimum atomic E-state index is 0.241. The predicted octanol–water partition coefficient (Wildman–Crippen LogP) is 7.04. The van der Waals surface area contributed by atoms with Crippen LogP contribution in [0.4, 0.5) is 0 Å². The van der Waals surface area contributed by atoms with E-state index in [1.807, 2.05) is 0 Å². The fourth-order valence-corrected chi connectivity index (χ4v) is 3.51. The summed E-state index contributed by atoms with van der Waals surface area (Å²) in [5.74, 6) is 0.711. The topological polar surface area (TPSA) is 0 Å². The molecule has 4 rings (SSSR count). The molecule has 132 valence electrons. The molecule has 2 unspecified atom stereocenters. The van der Waals surface area contributed by atoms with Crippen LogP contribution in [0.5, 0.6) is 0 Å². The molecule has 0 saturated carbocycles. The fraction of sp³-hybridized carbons (Fsp3) is 0.111. The SMILES string of the molecule is CC1C=CC=C(C2=CC(c3ccccc3)C=C(c3ccccc3)C=C2)C=C1. The van der Waals surface area contributed by atoms with E-state index in [9.17, 15) is 0 Å². The van der Waals surface area contributed by atoms with Gasteiger partial charge >= 0.3 is 0 Å². The Hall–Kier alpha value is -3.12. The van der Waals surface area contributed by atoms with E-state index in [0.717, 1.165) is 0 Å². The summed E-state index contributed by atoms with van der Waals surface area (Å²) >= 11 is 0. The van der Waals surface area contributed by atoms with Crippen LogP contribution in [-0.2, 0) is 0 Å². The Morgan fingerprint density at radius 3 is 2.07 bits per heavy atom. The highest BCUT2D eigenvalue weighted by Crippen LogP contribution is 2.32. The molecule has 0 fully saturated rings. The minimum Gasteiger partial charge on any atom is -0.0779 e. The monoisotopic (exact) mass is 348 g/mol. The van der Waals surface area contributed by atoms with Gasteiger partial charge in [-0.25, -0.2) is 0 Å². The van der Waals surface area contributed by atoms with Gasteiger partial charge in [0.05, 0.1) is 0 Å². The van der Waals surface area contributed by atoms with Crippen LogP contribution in [0, 0.1) is 5.92 Å². The van der Waals surface area contributed by atoms with E-state index >= 15 is 0 Å². The molecule has 0 heterocycles. The van der Waals surface area contributed by atoms with E-state index in [1.54, 1.807) is 0 Å². The van der Waals surface area contributed by atoms with Crippen LogP contribution in [0.3, 0.4) is 0 Å². The first-order chi connectivity index (χ1) is 13.3. The molecule has 0 radical (unpaired) electrons. The van der Waals surface area contributed by atoms with E-state index in [2.05, 4.69) is 122 Å². The van der Waals surface area contributed by atoms with E-state index in [4.69, 9.17) is 0 Å². The Morgan fingerprint density at radius 1 is 0.630 bits per heavy atom. The van der Waals surface area contributed by atoms with E-state index < -0.39 is 0 Å². The average molecular weight is 348 g/mol. The van der Waals surface area contributed by atoms with Crippen LogP contribution >= 0.6 is 0 Å². The van der Waals surface area contributed by atoms with Crippen molar-refractivity contribution in [3.8, 4) is 0 Å². The van der Waals surface area contributed by atoms with Crippen molar-refractivity contribution in [2.75, 3.05) is 0 Å². The maximum atomic E-state index is 2.38. The first-order valence-electron chi connectivity index (χ1n) is 9.59. The maximum absolute atomic E-state index is 2.38. The Bertz CT molecular complexity index is 963. The highest BCUT2D eigenvalue weighted by atomic mass is 14.2. The molecule has 0 aliphatic heterocycles. The Balaban J connectivity index is 1.78. The standard InChI is InChI=1S/C27H24/c1-21-9-8-14-24(16-15-21)26-18-17-25(22-10-4-2-5-11-22)19-27(20-26)23-12-6-3-7-13-23/h2-21,27H,1H3. The van der Waals surface area contributed by atoms with Gasteiger partial charge in [0.15, 0.2) is 0 Å². The molecular formula is C27H24. The molecular weight excluding hydrogens is 324 g/mol. The van der Waals surface area contributed by atoms with E-state index in [1.165, 1.54) is 27.8 Å². The van der Waals surface area contributed by atoms with Crippen molar-refractivity contribution >= 4 is 5.57 Å².